The molecule has 0 atom stereocenters. The van der Waals surface area contributed by atoms with Crippen LogP contribution in [0, 0.1) is 6.92 Å². The molecule has 0 radical (unpaired) electrons. The van der Waals surface area contributed by atoms with Crippen LogP contribution in [0.25, 0.3) is 11.5 Å². The van der Waals surface area contributed by atoms with Crippen LogP contribution in [0.4, 0.5) is 0 Å². The van der Waals surface area contributed by atoms with Crippen LogP contribution in [0.2, 0.25) is 0 Å². The van der Waals surface area contributed by atoms with E-state index in [4.69, 9.17) is 4.42 Å². The highest BCUT2D eigenvalue weighted by atomic mass is 127. The van der Waals surface area contributed by atoms with Gasteiger partial charge in [0, 0.05) is 23.2 Å². The number of hydrogen-bond acceptors (Lipinski definition) is 5. The second-order valence-corrected chi connectivity index (χ2v) is 6.74. The maximum atomic E-state index is 5.55. The van der Waals surface area contributed by atoms with Crippen molar-refractivity contribution in [3.05, 3.63) is 58.4 Å². The smallest absolute Gasteiger partial charge is 0.226 e. The Bertz CT molecular complexity index is 831. The Labute approximate surface area is 174 Å². The predicted octanol–water partition coefficient (Wildman–Crippen LogP) is 3.98. The molecule has 0 fully saturated rings. The van der Waals surface area contributed by atoms with Crippen LogP contribution >= 0.6 is 35.3 Å². The number of aromatic nitrogens is 2. The molecule has 0 spiro atoms. The molecule has 0 aliphatic rings. The van der Waals surface area contributed by atoms with Gasteiger partial charge in [0.1, 0.15) is 17.0 Å². The molecule has 138 valence electrons. The largest absolute Gasteiger partial charge is 0.444 e. The van der Waals surface area contributed by atoms with Gasteiger partial charge >= 0.3 is 0 Å². The standard InChI is InChI=1S/C18H21N5OS.HI/c1-3-19-18(22-11-16-20-9-13(2)25-16)21-10-15-12-24-17(23-15)14-7-5-4-6-8-14;/h4-9,12H,3,10-11H2,1-2H3,(H2,19,21,22);1H. The van der Waals surface area contributed by atoms with Gasteiger partial charge in [0.2, 0.25) is 5.89 Å². The number of oxazole rings is 1. The molecule has 26 heavy (non-hydrogen) atoms. The Morgan fingerprint density at radius 2 is 2.04 bits per heavy atom. The molecule has 2 aromatic heterocycles. The molecule has 3 rings (SSSR count). The van der Waals surface area contributed by atoms with Gasteiger partial charge in [-0.2, -0.15) is 0 Å². The number of guanidine groups is 1. The van der Waals surface area contributed by atoms with Crippen molar-refractivity contribution in [3.8, 4) is 11.5 Å². The molecule has 0 saturated heterocycles. The summed E-state index contributed by atoms with van der Waals surface area (Å²) in [6, 6.07) is 9.84. The summed E-state index contributed by atoms with van der Waals surface area (Å²) in [5.74, 6) is 1.35. The summed E-state index contributed by atoms with van der Waals surface area (Å²) >= 11 is 1.68. The van der Waals surface area contributed by atoms with E-state index in [0.29, 0.717) is 19.0 Å². The van der Waals surface area contributed by atoms with Gasteiger partial charge < -0.3 is 15.1 Å². The van der Waals surface area contributed by atoms with Crippen molar-refractivity contribution in [3.63, 3.8) is 0 Å². The molecule has 0 amide bonds. The molecule has 0 unspecified atom stereocenters. The van der Waals surface area contributed by atoms with Gasteiger partial charge in [-0.1, -0.05) is 18.2 Å². The molecule has 8 heteroatoms. The minimum Gasteiger partial charge on any atom is -0.444 e. The van der Waals surface area contributed by atoms with Gasteiger partial charge in [0.25, 0.3) is 0 Å². The van der Waals surface area contributed by atoms with Crippen molar-refractivity contribution >= 4 is 41.3 Å². The van der Waals surface area contributed by atoms with E-state index in [2.05, 4.69) is 32.5 Å². The van der Waals surface area contributed by atoms with Crippen molar-refractivity contribution < 1.29 is 4.42 Å². The molecular formula is C18H22IN5OS. The average molecular weight is 483 g/mol. The van der Waals surface area contributed by atoms with Crippen molar-refractivity contribution in [1.82, 2.24) is 20.6 Å². The van der Waals surface area contributed by atoms with Gasteiger partial charge in [-0.05, 0) is 26.0 Å². The van der Waals surface area contributed by atoms with E-state index >= 15 is 0 Å². The Kier molecular flexibility index (Phi) is 8.05. The van der Waals surface area contributed by atoms with E-state index in [9.17, 15) is 0 Å². The number of aryl methyl sites for hydroxylation is 1. The van der Waals surface area contributed by atoms with Crippen molar-refractivity contribution in [2.24, 2.45) is 4.99 Å². The monoisotopic (exact) mass is 483 g/mol. The zero-order chi connectivity index (χ0) is 17.5. The van der Waals surface area contributed by atoms with Gasteiger partial charge in [-0.3, -0.25) is 0 Å². The van der Waals surface area contributed by atoms with Crippen molar-refractivity contribution in [1.29, 1.82) is 0 Å². The molecule has 0 bridgehead atoms. The first-order valence-electron chi connectivity index (χ1n) is 8.18. The van der Waals surface area contributed by atoms with Crippen LogP contribution in [0.3, 0.4) is 0 Å². The number of nitrogens with one attached hydrogen (secondary N) is 2. The van der Waals surface area contributed by atoms with Gasteiger partial charge in [0.05, 0.1) is 13.1 Å². The van der Waals surface area contributed by atoms with E-state index in [-0.39, 0.29) is 24.0 Å². The van der Waals surface area contributed by atoms with E-state index in [1.807, 2.05) is 43.5 Å². The number of rotatable bonds is 6. The van der Waals surface area contributed by atoms with E-state index in [1.165, 1.54) is 4.88 Å². The molecule has 1 aromatic carbocycles. The third-order valence-electron chi connectivity index (χ3n) is 3.39. The highest BCUT2D eigenvalue weighted by molar-refractivity contribution is 14.0. The molecular weight excluding hydrogens is 461 g/mol. The average Bonchev–Trinajstić information content (AvgIpc) is 3.27. The summed E-state index contributed by atoms with van der Waals surface area (Å²) in [5, 5.41) is 7.55. The summed E-state index contributed by atoms with van der Waals surface area (Å²) in [6.45, 7) is 5.97. The van der Waals surface area contributed by atoms with Crippen molar-refractivity contribution in [2.75, 3.05) is 6.54 Å². The van der Waals surface area contributed by atoms with E-state index in [0.717, 1.165) is 28.8 Å². The topological polar surface area (TPSA) is 75.3 Å². The first-order chi connectivity index (χ1) is 12.2. The first-order valence-corrected chi connectivity index (χ1v) is 8.99. The van der Waals surface area contributed by atoms with Gasteiger partial charge in [-0.25, -0.2) is 15.0 Å². The lowest BCUT2D eigenvalue weighted by Gasteiger charge is -2.09. The third kappa shape index (κ3) is 5.80. The SMILES string of the molecule is CCNC(=NCc1coc(-c2ccccc2)n1)NCc1ncc(C)s1.I. The summed E-state index contributed by atoms with van der Waals surface area (Å²) in [5.41, 5.74) is 1.75. The second kappa shape index (κ2) is 10.3. The van der Waals surface area contributed by atoms with Crippen LogP contribution in [0.15, 0.2) is 52.2 Å². The Balaban J connectivity index is 0.00000243. The predicted molar refractivity (Wildman–Crippen MR) is 116 cm³/mol. The number of hydrogen-bond donors (Lipinski definition) is 2. The minimum absolute atomic E-state index is 0. The molecule has 2 N–H and O–H groups in total. The fourth-order valence-electron chi connectivity index (χ4n) is 2.24. The molecule has 0 aliphatic carbocycles. The highest BCUT2D eigenvalue weighted by Gasteiger charge is 2.07. The summed E-state index contributed by atoms with van der Waals surface area (Å²) in [4.78, 5) is 14.6. The van der Waals surface area contributed by atoms with Crippen LogP contribution in [-0.4, -0.2) is 22.5 Å². The second-order valence-electron chi connectivity index (χ2n) is 5.42. The molecule has 0 saturated carbocycles. The third-order valence-corrected chi connectivity index (χ3v) is 4.30. The van der Waals surface area contributed by atoms with Crippen LogP contribution in [-0.2, 0) is 13.1 Å². The summed E-state index contributed by atoms with van der Waals surface area (Å²) < 4.78 is 5.55. The minimum atomic E-state index is 0. The van der Waals surface area contributed by atoms with E-state index < -0.39 is 0 Å². The maximum Gasteiger partial charge on any atom is 0.226 e. The molecule has 2 heterocycles. The normalized spacial score (nSPS) is 11.1. The van der Waals surface area contributed by atoms with Crippen LogP contribution in [0.1, 0.15) is 22.5 Å². The van der Waals surface area contributed by atoms with E-state index in [1.54, 1.807) is 17.6 Å². The Hall–Kier alpha value is -1.94. The Morgan fingerprint density at radius 1 is 1.23 bits per heavy atom. The molecule has 0 aliphatic heterocycles. The maximum absolute atomic E-state index is 5.55. The molecule has 3 aromatic rings. The van der Waals surface area contributed by atoms with Crippen LogP contribution in [0.5, 0.6) is 0 Å². The quantitative estimate of drug-likeness (QED) is 0.315. The number of thiazole rings is 1. The highest BCUT2D eigenvalue weighted by Crippen LogP contribution is 2.18. The number of nitrogens with zero attached hydrogens (tertiary/aromatic N) is 3. The van der Waals surface area contributed by atoms with Gasteiger partial charge in [0.15, 0.2) is 5.96 Å². The van der Waals surface area contributed by atoms with Gasteiger partial charge in [-0.15, -0.1) is 35.3 Å². The Morgan fingerprint density at radius 3 is 2.73 bits per heavy atom. The zero-order valence-electron chi connectivity index (χ0n) is 14.7. The fraction of sp³-hybridized carbons (Fsp3) is 0.278. The summed E-state index contributed by atoms with van der Waals surface area (Å²) in [7, 11) is 0. The molecule has 6 nitrogen and oxygen atoms in total. The number of aliphatic imine (C=N–C) groups is 1. The number of benzene rings is 1. The van der Waals surface area contributed by atoms with Crippen LogP contribution < -0.4 is 10.6 Å². The lowest BCUT2D eigenvalue weighted by Crippen LogP contribution is -2.36. The van der Waals surface area contributed by atoms with Crippen molar-refractivity contribution in [2.45, 2.75) is 26.9 Å². The lowest BCUT2D eigenvalue weighted by atomic mass is 10.2. The fourth-order valence-corrected chi connectivity index (χ4v) is 2.96. The summed E-state index contributed by atoms with van der Waals surface area (Å²) in [6.07, 6.45) is 3.53. The lowest BCUT2D eigenvalue weighted by molar-refractivity contribution is 0.572. The number of halogens is 1. The first kappa shape index (κ1) is 20.4. The zero-order valence-corrected chi connectivity index (χ0v) is 17.9.